The van der Waals surface area contributed by atoms with Gasteiger partial charge in [-0.05, 0) is 18.2 Å². The number of carboxylic acid groups (broad SMARTS) is 1. The van der Waals surface area contributed by atoms with Crippen molar-refractivity contribution < 1.29 is 23.1 Å². The summed E-state index contributed by atoms with van der Waals surface area (Å²) >= 11 is 0.853. The predicted molar refractivity (Wildman–Crippen MR) is 56.3 cm³/mol. The lowest BCUT2D eigenvalue weighted by Crippen LogP contribution is -2.06. The number of aromatic nitrogens is 1. The molecule has 90 valence electrons. The second-order valence-corrected chi connectivity index (χ2v) is 4.16. The highest BCUT2D eigenvalue weighted by molar-refractivity contribution is 7.22. The highest BCUT2D eigenvalue weighted by Gasteiger charge is 2.30. The van der Waals surface area contributed by atoms with Crippen molar-refractivity contribution >= 4 is 32.8 Å². The van der Waals surface area contributed by atoms with Crippen molar-refractivity contribution in [1.82, 2.24) is 4.98 Å². The van der Waals surface area contributed by atoms with Gasteiger partial charge in [-0.3, -0.25) is 5.32 Å². The second kappa shape index (κ2) is 3.88. The van der Waals surface area contributed by atoms with E-state index in [4.69, 9.17) is 5.11 Å². The smallest absolute Gasteiger partial charge is 0.416 e. The molecular weight excluding hydrogens is 257 g/mol. The number of fused-ring (bicyclic) bond motifs is 1. The molecule has 0 saturated heterocycles. The molecule has 1 amide bonds. The third-order valence-electron chi connectivity index (χ3n) is 1.93. The minimum Gasteiger partial charge on any atom is -0.465 e. The molecule has 17 heavy (non-hydrogen) atoms. The summed E-state index contributed by atoms with van der Waals surface area (Å²) in [5, 5.41) is 10.5. The van der Waals surface area contributed by atoms with Crippen LogP contribution in [-0.4, -0.2) is 16.2 Å². The van der Waals surface area contributed by atoms with Gasteiger partial charge in [0.05, 0.1) is 15.8 Å². The number of nitrogens with one attached hydrogen (secondary N) is 1. The summed E-state index contributed by atoms with van der Waals surface area (Å²) in [7, 11) is 0. The number of amides is 1. The van der Waals surface area contributed by atoms with E-state index >= 15 is 0 Å². The molecule has 0 spiro atoms. The molecule has 1 aromatic carbocycles. The minimum atomic E-state index is -4.42. The Morgan fingerprint density at radius 2 is 2.12 bits per heavy atom. The van der Waals surface area contributed by atoms with Crippen molar-refractivity contribution in [2.75, 3.05) is 5.32 Å². The van der Waals surface area contributed by atoms with Gasteiger partial charge in [0.1, 0.15) is 0 Å². The normalized spacial score (nSPS) is 11.7. The molecule has 0 bridgehead atoms. The molecule has 2 N–H and O–H groups in total. The fourth-order valence-corrected chi connectivity index (χ4v) is 2.14. The lowest BCUT2D eigenvalue weighted by molar-refractivity contribution is -0.137. The zero-order valence-electron chi connectivity index (χ0n) is 8.08. The molecule has 4 nitrogen and oxygen atoms in total. The number of hydrogen-bond donors (Lipinski definition) is 2. The van der Waals surface area contributed by atoms with Gasteiger partial charge in [-0.15, -0.1) is 0 Å². The summed E-state index contributed by atoms with van der Waals surface area (Å²) in [4.78, 5) is 14.2. The Labute approximate surface area is 96.7 Å². The maximum Gasteiger partial charge on any atom is 0.416 e. The Hall–Kier alpha value is -1.83. The maximum atomic E-state index is 12.4. The van der Waals surface area contributed by atoms with Crippen molar-refractivity contribution in [2.45, 2.75) is 6.18 Å². The van der Waals surface area contributed by atoms with Crippen LogP contribution in [0.1, 0.15) is 5.56 Å². The standard InChI is InChI=1S/C9H5F3N2O2S/c10-9(11,12)4-1-2-5-6(3-4)17-7(13-5)14-8(15)16/h1-3H,(H,13,14)(H,15,16). The molecule has 8 heteroatoms. The molecule has 2 rings (SSSR count). The monoisotopic (exact) mass is 262 g/mol. The van der Waals surface area contributed by atoms with Crippen molar-refractivity contribution in [2.24, 2.45) is 0 Å². The van der Waals surface area contributed by atoms with E-state index in [0.29, 0.717) is 5.52 Å². The van der Waals surface area contributed by atoms with Crippen molar-refractivity contribution in [3.05, 3.63) is 23.8 Å². The highest BCUT2D eigenvalue weighted by atomic mass is 32.1. The minimum absolute atomic E-state index is 0.0480. The number of hydrogen-bond acceptors (Lipinski definition) is 3. The Bertz CT molecular complexity index is 579. The van der Waals surface area contributed by atoms with Gasteiger partial charge in [-0.2, -0.15) is 13.2 Å². The fourth-order valence-electron chi connectivity index (χ4n) is 1.25. The van der Waals surface area contributed by atoms with E-state index in [9.17, 15) is 18.0 Å². The Morgan fingerprint density at radius 1 is 1.41 bits per heavy atom. The molecule has 1 aromatic heterocycles. The van der Waals surface area contributed by atoms with Gasteiger partial charge in [-0.25, -0.2) is 9.78 Å². The van der Waals surface area contributed by atoms with Crippen LogP contribution in [0, 0.1) is 0 Å². The number of thiazole rings is 1. The average molecular weight is 262 g/mol. The Morgan fingerprint density at radius 3 is 2.71 bits per heavy atom. The molecular formula is C9H5F3N2O2S. The highest BCUT2D eigenvalue weighted by Crippen LogP contribution is 2.34. The van der Waals surface area contributed by atoms with Crippen LogP contribution in [-0.2, 0) is 6.18 Å². The first-order valence-electron chi connectivity index (χ1n) is 4.34. The van der Waals surface area contributed by atoms with Crippen LogP contribution in [0.5, 0.6) is 0 Å². The second-order valence-electron chi connectivity index (χ2n) is 3.13. The number of rotatable bonds is 1. The van der Waals surface area contributed by atoms with Gasteiger partial charge in [0, 0.05) is 0 Å². The largest absolute Gasteiger partial charge is 0.465 e. The van der Waals surface area contributed by atoms with Gasteiger partial charge < -0.3 is 5.11 Å². The molecule has 0 fully saturated rings. The SMILES string of the molecule is O=C(O)Nc1nc2ccc(C(F)(F)F)cc2s1. The summed E-state index contributed by atoms with van der Waals surface area (Å²) in [6.45, 7) is 0. The fraction of sp³-hybridized carbons (Fsp3) is 0.111. The summed E-state index contributed by atoms with van der Waals surface area (Å²) in [6.07, 6.45) is -5.72. The van der Waals surface area contributed by atoms with E-state index in [1.807, 2.05) is 5.32 Å². The van der Waals surface area contributed by atoms with Gasteiger partial charge in [0.2, 0.25) is 0 Å². The zero-order valence-corrected chi connectivity index (χ0v) is 8.89. The van der Waals surface area contributed by atoms with Crippen LogP contribution in [0.15, 0.2) is 18.2 Å². The molecule has 0 aliphatic carbocycles. The first kappa shape index (κ1) is 11.6. The number of nitrogens with zero attached hydrogens (tertiary/aromatic N) is 1. The Kier molecular flexibility index (Phi) is 2.66. The zero-order chi connectivity index (χ0) is 12.6. The van der Waals surface area contributed by atoms with Crippen LogP contribution >= 0.6 is 11.3 Å². The molecule has 0 radical (unpaired) electrons. The van der Waals surface area contributed by atoms with Crippen LogP contribution in [0.3, 0.4) is 0 Å². The molecule has 0 atom stereocenters. The molecule has 2 aromatic rings. The molecule has 0 aliphatic rings. The molecule has 0 unspecified atom stereocenters. The third kappa shape index (κ3) is 2.47. The van der Waals surface area contributed by atoms with Gasteiger partial charge >= 0.3 is 12.3 Å². The summed E-state index contributed by atoms with van der Waals surface area (Å²) < 4.78 is 37.5. The van der Waals surface area contributed by atoms with Crippen molar-refractivity contribution in [1.29, 1.82) is 0 Å². The maximum absolute atomic E-state index is 12.4. The number of carbonyl (C=O) groups is 1. The summed E-state index contributed by atoms with van der Waals surface area (Å²) in [5.41, 5.74) is -0.456. The third-order valence-corrected chi connectivity index (χ3v) is 2.86. The lowest BCUT2D eigenvalue weighted by atomic mass is 10.2. The summed E-state index contributed by atoms with van der Waals surface area (Å²) in [5.74, 6) is 0. The van der Waals surface area contributed by atoms with Gasteiger partial charge in [0.25, 0.3) is 0 Å². The van der Waals surface area contributed by atoms with Crippen LogP contribution in [0.25, 0.3) is 10.2 Å². The molecule has 1 heterocycles. The quantitative estimate of drug-likeness (QED) is 0.827. The number of halogens is 3. The van der Waals surface area contributed by atoms with E-state index in [2.05, 4.69) is 4.98 Å². The molecule has 0 saturated carbocycles. The first-order valence-corrected chi connectivity index (χ1v) is 5.15. The lowest BCUT2D eigenvalue weighted by Gasteiger charge is -2.04. The van der Waals surface area contributed by atoms with Gasteiger partial charge in [0.15, 0.2) is 5.13 Å². The van der Waals surface area contributed by atoms with E-state index in [0.717, 1.165) is 23.5 Å². The number of alkyl halides is 3. The first-order chi connectivity index (χ1) is 7.86. The van der Waals surface area contributed by atoms with Crippen molar-refractivity contribution in [3.63, 3.8) is 0 Å². The van der Waals surface area contributed by atoms with Crippen LogP contribution in [0.2, 0.25) is 0 Å². The van der Waals surface area contributed by atoms with Crippen LogP contribution < -0.4 is 5.32 Å². The molecule has 0 aliphatic heterocycles. The number of anilines is 1. The van der Waals surface area contributed by atoms with Gasteiger partial charge in [-0.1, -0.05) is 11.3 Å². The van der Waals surface area contributed by atoms with Crippen molar-refractivity contribution in [3.8, 4) is 0 Å². The average Bonchev–Trinajstić information content (AvgIpc) is 2.55. The summed E-state index contributed by atoms with van der Waals surface area (Å²) in [6, 6.07) is 3.06. The predicted octanol–water partition coefficient (Wildman–Crippen LogP) is 3.41. The van der Waals surface area contributed by atoms with E-state index in [1.54, 1.807) is 0 Å². The Balaban J connectivity index is 2.44. The topological polar surface area (TPSA) is 62.2 Å². The number of benzene rings is 1. The van der Waals surface area contributed by atoms with E-state index in [1.165, 1.54) is 6.07 Å². The van der Waals surface area contributed by atoms with E-state index < -0.39 is 17.8 Å². The van der Waals surface area contributed by atoms with Crippen LogP contribution in [0.4, 0.5) is 23.1 Å². The van der Waals surface area contributed by atoms with E-state index in [-0.39, 0.29) is 9.83 Å².